The minimum absolute atomic E-state index is 0.0458. The Balaban J connectivity index is 2.37. The van der Waals surface area contributed by atoms with Gasteiger partial charge in [0.1, 0.15) is 0 Å². The van der Waals surface area contributed by atoms with E-state index in [-0.39, 0.29) is 17.5 Å². The lowest BCUT2D eigenvalue weighted by Gasteiger charge is -2.26. The third-order valence-corrected chi connectivity index (χ3v) is 3.08. The summed E-state index contributed by atoms with van der Waals surface area (Å²) in [7, 11) is 0. The second kappa shape index (κ2) is 4.57. The van der Waals surface area contributed by atoms with Gasteiger partial charge in [-0.3, -0.25) is 4.79 Å². The van der Waals surface area contributed by atoms with E-state index >= 15 is 0 Å². The molecule has 0 bridgehead atoms. The van der Waals surface area contributed by atoms with Crippen LogP contribution in [-0.4, -0.2) is 17.0 Å². The Bertz CT molecular complexity index is 468. The van der Waals surface area contributed by atoms with Crippen LogP contribution < -0.4 is 5.32 Å². The lowest BCUT2D eigenvalue weighted by Crippen LogP contribution is -2.29. The van der Waals surface area contributed by atoms with Crippen LogP contribution in [0.15, 0.2) is 18.2 Å². The first-order chi connectivity index (χ1) is 8.08. The van der Waals surface area contributed by atoms with Crippen LogP contribution in [0.25, 0.3) is 0 Å². The van der Waals surface area contributed by atoms with E-state index in [1.807, 2.05) is 6.07 Å². The van der Waals surface area contributed by atoms with E-state index < -0.39 is 5.97 Å². The Morgan fingerprint density at radius 3 is 2.82 bits per heavy atom. The Hall–Kier alpha value is -1.84. The highest BCUT2D eigenvalue weighted by Crippen LogP contribution is 2.30. The fourth-order valence-corrected chi connectivity index (χ4v) is 2.33. The molecule has 90 valence electrons. The lowest BCUT2D eigenvalue weighted by atomic mass is 9.86. The Kier molecular flexibility index (Phi) is 3.13. The van der Waals surface area contributed by atoms with E-state index in [0.29, 0.717) is 0 Å². The summed E-state index contributed by atoms with van der Waals surface area (Å²) in [4.78, 5) is 22.0. The third-order valence-electron chi connectivity index (χ3n) is 3.08. The van der Waals surface area contributed by atoms with Crippen molar-refractivity contribution in [2.24, 2.45) is 0 Å². The van der Waals surface area contributed by atoms with Crippen molar-refractivity contribution in [3.63, 3.8) is 0 Å². The van der Waals surface area contributed by atoms with Gasteiger partial charge in [0.25, 0.3) is 0 Å². The second-order valence-corrected chi connectivity index (χ2v) is 4.36. The number of benzene rings is 1. The minimum Gasteiger partial charge on any atom is -0.478 e. The first kappa shape index (κ1) is 11.6. The highest BCUT2D eigenvalue weighted by atomic mass is 16.4. The molecule has 1 aliphatic carbocycles. The average molecular weight is 233 g/mol. The Morgan fingerprint density at radius 1 is 1.41 bits per heavy atom. The number of carbonyl (C=O) groups excluding carboxylic acids is 1. The molecule has 0 fully saturated rings. The van der Waals surface area contributed by atoms with Crippen LogP contribution in [-0.2, 0) is 11.2 Å². The molecule has 0 saturated carbocycles. The van der Waals surface area contributed by atoms with E-state index in [2.05, 4.69) is 5.32 Å². The van der Waals surface area contributed by atoms with Crippen molar-refractivity contribution in [3.05, 3.63) is 34.9 Å². The molecule has 0 aliphatic heterocycles. The second-order valence-electron chi connectivity index (χ2n) is 4.36. The minimum atomic E-state index is -0.931. The summed E-state index contributed by atoms with van der Waals surface area (Å²) in [5.74, 6) is -1.01. The monoisotopic (exact) mass is 233 g/mol. The van der Waals surface area contributed by atoms with Crippen LogP contribution in [0.1, 0.15) is 47.3 Å². The molecule has 0 saturated heterocycles. The maximum atomic E-state index is 11.1. The molecule has 2 N–H and O–H groups in total. The molecule has 1 unspecified atom stereocenters. The van der Waals surface area contributed by atoms with E-state index in [1.165, 1.54) is 6.92 Å². The SMILES string of the molecule is CC(=O)NC1CCCc2ccc(C(=O)O)cc21. The molecular weight excluding hydrogens is 218 g/mol. The van der Waals surface area contributed by atoms with Gasteiger partial charge in [0.2, 0.25) is 5.91 Å². The molecule has 1 aromatic carbocycles. The Labute approximate surface area is 99.6 Å². The molecule has 4 nitrogen and oxygen atoms in total. The molecule has 1 amide bonds. The molecule has 1 aromatic rings. The van der Waals surface area contributed by atoms with Crippen molar-refractivity contribution in [2.75, 3.05) is 0 Å². The predicted molar refractivity (Wildman–Crippen MR) is 62.9 cm³/mol. The summed E-state index contributed by atoms with van der Waals surface area (Å²) in [5.41, 5.74) is 2.37. The molecule has 0 radical (unpaired) electrons. The van der Waals surface area contributed by atoms with Crippen LogP contribution >= 0.6 is 0 Å². The van der Waals surface area contributed by atoms with Crippen LogP contribution in [0.2, 0.25) is 0 Å². The maximum absolute atomic E-state index is 11.1. The van der Waals surface area contributed by atoms with Gasteiger partial charge in [0.15, 0.2) is 0 Å². The molecule has 2 rings (SSSR count). The zero-order valence-corrected chi connectivity index (χ0v) is 9.69. The van der Waals surface area contributed by atoms with Gasteiger partial charge in [0, 0.05) is 6.92 Å². The highest BCUT2D eigenvalue weighted by molar-refractivity contribution is 5.88. The standard InChI is InChI=1S/C13H15NO3/c1-8(15)14-12-4-2-3-9-5-6-10(13(16)17)7-11(9)12/h5-7,12H,2-4H2,1H3,(H,14,15)(H,16,17). The summed E-state index contributed by atoms with van der Waals surface area (Å²) in [5, 5.41) is 11.8. The summed E-state index contributed by atoms with van der Waals surface area (Å²) in [6, 6.07) is 5.11. The van der Waals surface area contributed by atoms with Gasteiger partial charge in [0.05, 0.1) is 11.6 Å². The number of aryl methyl sites for hydroxylation is 1. The number of hydrogen-bond donors (Lipinski definition) is 2. The number of amides is 1. The number of nitrogens with one attached hydrogen (secondary N) is 1. The number of carboxylic acids is 1. The van der Waals surface area contributed by atoms with Gasteiger partial charge >= 0.3 is 5.97 Å². The topological polar surface area (TPSA) is 66.4 Å². The van der Waals surface area contributed by atoms with Crippen molar-refractivity contribution in [1.82, 2.24) is 5.32 Å². The quantitative estimate of drug-likeness (QED) is 0.819. The van der Waals surface area contributed by atoms with Gasteiger partial charge in [-0.25, -0.2) is 4.79 Å². The number of aromatic carboxylic acids is 1. The van der Waals surface area contributed by atoms with Crippen LogP contribution in [0, 0.1) is 0 Å². The van der Waals surface area contributed by atoms with Crippen molar-refractivity contribution in [3.8, 4) is 0 Å². The van der Waals surface area contributed by atoms with E-state index in [0.717, 1.165) is 30.4 Å². The van der Waals surface area contributed by atoms with Crippen molar-refractivity contribution in [1.29, 1.82) is 0 Å². The molecule has 4 heteroatoms. The van der Waals surface area contributed by atoms with Gasteiger partial charge in [-0.15, -0.1) is 0 Å². The first-order valence-corrected chi connectivity index (χ1v) is 5.71. The molecule has 0 heterocycles. The molecule has 0 aromatic heterocycles. The van der Waals surface area contributed by atoms with Gasteiger partial charge in [-0.05, 0) is 42.5 Å². The van der Waals surface area contributed by atoms with E-state index in [9.17, 15) is 9.59 Å². The van der Waals surface area contributed by atoms with Gasteiger partial charge in [-0.2, -0.15) is 0 Å². The van der Waals surface area contributed by atoms with Gasteiger partial charge < -0.3 is 10.4 Å². The molecular formula is C13H15NO3. The zero-order valence-electron chi connectivity index (χ0n) is 9.69. The smallest absolute Gasteiger partial charge is 0.335 e. The van der Waals surface area contributed by atoms with Crippen molar-refractivity contribution >= 4 is 11.9 Å². The number of carboxylic acid groups (broad SMARTS) is 1. The van der Waals surface area contributed by atoms with Crippen LogP contribution in [0.5, 0.6) is 0 Å². The fraction of sp³-hybridized carbons (Fsp3) is 0.385. The number of hydrogen-bond acceptors (Lipinski definition) is 2. The third kappa shape index (κ3) is 2.46. The molecule has 1 atom stereocenters. The largest absolute Gasteiger partial charge is 0.478 e. The average Bonchev–Trinajstić information content (AvgIpc) is 2.28. The lowest BCUT2D eigenvalue weighted by molar-refractivity contribution is -0.119. The van der Waals surface area contributed by atoms with Crippen molar-refractivity contribution in [2.45, 2.75) is 32.2 Å². The van der Waals surface area contributed by atoms with Crippen LogP contribution in [0.3, 0.4) is 0 Å². The maximum Gasteiger partial charge on any atom is 0.335 e. The van der Waals surface area contributed by atoms with Gasteiger partial charge in [-0.1, -0.05) is 6.07 Å². The first-order valence-electron chi connectivity index (χ1n) is 5.71. The summed E-state index contributed by atoms with van der Waals surface area (Å²) in [6.07, 6.45) is 2.84. The predicted octanol–water partition coefficient (Wildman–Crippen LogP) is 1.90. The molecule has 0 spiro atoms. The number of carbonyl (C=O) groups is 2. The number of rotatable bonds is 2. The Morgan fingerprint density at radius 2 is 2.18 bits per heavy atom. The summed E-state index contributed by atoms with van der Waals surface area (Å²) < 4.78 is 0. The van der Waals surface area contributed by atoms with E-state index in [4.69, 9.17) is 5.11 Å². The van der Waals surface area contributed by atoms with Crippen molar-refractivity contribution < 1.29 is 14.7 Å². The highest BCUT2D eigenvalue weighted by Gasteiger charge is 2.21. The normalized spacial score (nSPS) is 18.3. The summed E-state index contributed by atoms with van der Waals surface area (Å²) >= 11 is 0. The summed E-state index contributed by atoms with van der Waals surface area (Å²) in [6.45, 7) is 1.48. The molecule has 17 heavy (non-hydrogen) atoms. The zero-order chi connectivity index (χ0) is 12.4. The fourth-order valence-electron chi connectivity index (χ4n) is 2.33. The van der Waals surface area contributed by atoms with E-state index in [1.54, 1.807) is 12.1 Å². The molecule has 1 aliphatic rings. The number of fused-ring (bicyclic) bond motifs is 1. The van der Waals surface area contributed by atoms with Crippen LogP contribution in [0.4, 0.5) is 0 Å².